The summed E-state index contributed by atoms with van der Waals surface area (Å²) < 4.78 is 11.0. The van der Waals surface area contributed by atoms with Crippen molar-refractivity contribution in [3.05, 3.63) is 54.1 Å². The third kappa shape index (κ3) is 6.16. The van der Waals surface area contributed by atoms with E-state index in [0.29, 0.717) is 19.0 Å². The van der Waals surface area contributed by atoms with E-state index < -0.39 is 0 Å². The lowest BCUT2D eigenvalue weighted by atomic mass is 10.2. The highest BCUT2D eigenvalue weighted by Crippen LogP contribution is 2.18. The van der Waals surface area contributed by atoms with Crippen LogP contribution in [0.25, 0.3) is 0 Å². The molecular formula is C19H23NO3S. The van der Waals surface area contributed by atoms with E-state index in [0.717, 1.165) is 28.5 Å². The molecule has 2 aromatic carbocycles. The highest BCUT2D eigenvalue weighted by atomic mass is 32.2. The van der Waals surface area contributed by atoms with Gasteiger partial charge in [0.2, 0.25) is 5.91 Å². The van der Waals surface area contributed by atoms with Gasteiger partial charge in [0, 0.05) is 11.4 Å². The summed E-state index contributed by atoms with van der Waals surface area (Å²) in [6.07, 6.45) is 0. The molecule has 0 aliphatic heterocycles. The molecule has 0 unspecified atom stereocenters. The molecule has 2 rings (SSSR count). The van der Waals surface area contributed by atoms with Crippen LogP contribution in [-0.4, -0.2) is 30.6 Å². The number of para-hydroxylation sites is 1. The fourth-order valence-electron chi connectivity index (χ4n) is 2.08. The maximum atomic E-state index is 11.9. The second-order valence-electron chi connectivity index (χ2n) is 5.17. The molecule has 0 atom stereocenters. The zero-order chi connectivity index (χ0) is 17.2. The number of hydrogen-bond acceptors (Lipinski definition) is 4. The summed E-state index contributed by atoms with van der Waals surface area (Å²) in [5.41, 5.74) is 1.93. The first-order valence-electron chi connectivity index (χ1n) is 7.98. The Bertz CT molecular complexity index is 643. The van der Waals surface area contributed by atoms with Gasteiger partial charge in [-0.25, -0.2) is 0 Å². The number of nitrogens with one attached hydrogen (secondary N) is 1. The maximum Gasteiger partial charge on any atom is 0.234 e. The van der Waals surface area contributed by atoms with E-state index in [-0.39, 0.29) is 5.91 Å². The minimum Gasteiger partial charge on any atom is -0.494 e. The average Bonchev–Trinajstić information content (AvgIpc) is 2.58. The lowest BCUT2D eigenvalue weighted by Gasteiger charge is -2.09. The van der Waals surface area contributed by atoms with E-state index in [9.17, 15) is 4.79 Å². The zero-order valence-corrected chi connectivity index (χ0v) is 14.9. The summed E-state index contributed by atoms with van der Waals surface area (Å²) >= 11 is 1.56. The van der Waals surface area contributed by atoms with Gasteiger partial charge in [0.15, 0.2) is 0 Å². The van der Waals surface area contributed by atoms with E-state index in [4.69, 9.17) is 9.47 Å². The molecule has 1 N–H and O–H groups in total. The van der Waals surface area contributed by atoms with Crippen molar-refractivity contribution in [1.82, 2.24) is 0 Å². The predicted molar refractivity (Wildman–Crippen MR) is 100 cm³/mol. The predicted octanol–water partition coefficient (Wildman–Crippen LogP) is 4.14. The minimum atomic E-state index is 0.00960. The maximum absolute atomic E-state index is 11.9. The summed E-state index contributed by atoms with van der Waals surface area (Å²) in [7, 11) is 0. The number of hydrogen-bond donors (Lipinski definition) is 1. The molecular weight excluding hydrogens is 322 g/mol. The van der Waals surface area contributed by atoms with Crippen molar-refractivity contribution in [2.45, 2.75) is 13.8 Å². The SMILES string of the molecule is CCOc1ccc(OCCSCC(=O)Nc2ccccc2C)cc1. The molecule has 5 heteroatoms. The smallest absolute Gasteiger partial charge is 0.234 e. The normalized spacial score (nSPS) is 10.2. The Morgan fingerprint density at radius 3 is 2.38 bits per heavy atom. The number of carbonyl (C=O) groups is 1. The topological polar surface area (TPSA) is 47.6 Å². The third-order valence-corrected chi connectivity index (χ3v) is 4.21. The standard InChI is InChI=1S/C19H23NO3S/c1-3-22-16-8-10-17(11-9-16)23-12-13-24-14-19(21)20-18-7-5-4-6-15(18)2/h4-11H,3,12-14H2,1-2H3,(H,20,21). The summed E-state index contributed by atoms with van der Waals surface area (Å²) in [6.45, 7) is 5.15. The highest BCUT2D eigenvalue weighted by Gasteiger charge is 2.04. The van der Waals surface area contributed by atoms with Gasteiger partial charge in [0.25, 0.3) is 0 Å². The van der Waals surface area contributed by atoms with Crippen molar-refractivity contribution in [3.8, 4) is 11.5 Å². The van der Waals surface area contributed by atoms with E-state index in [1.54, 1.807) is 11.8 Å². The number of ether oxygens (including phenoxy) is 2. The first kappa shape index (κ1) is 18.2. The molecule has 1 amide bonds. The van der Waals surface area contributed by atoms with Gasteiger partial charge in [-0.2, -0.15) is 0 Å². The highest BCUT2D eigenvalue weighted by molar-refractivity contribution is 7.99. The molecule has 24 heavy (non-hydrogen) atoms. The van der Waals surface area contributed by atoms with Crippen molar-refractivity contribution in [2.24, 2.45) is 0 Å². The van der Waals surface area contributed by atoms with Crippen LogP contribution in [-0.2, 0) is 4.79 Å². The van der Waals surface area contributed by atoms with Gasteiger partial charge >= 0.3 is 0 Å². The molecule has 0 fully saturated rings. The minimum absolute atomic E-state index is 0.00960. The molecule has 128 valence electrons. The lowest BCUT2D eigenvalue weighted by Crippen LogP contribution is -2.15. The molecule has 0 aromatic heterocycles. The summed E-state index contributed by atoms with van der Waals surface area (Å²) in [5.74, 6) is 2.83. The van der Waals surface area contributed by atoms with Gasteiger partial charge in [-0.3, -0.25) is 4.79 Å². The first-order valence-corrected chi connectivity index (χ1v) is 9.13. The Hall–Kier alpha value is -2.14. The first-order chi connectivity index (χ1) is 11.7. The fraction of sp³-hybridized carbons (Fsp3) is 0.316. The molecule has 0 radical (unpaired) electrons. The van der Waals surface area contributed by atoms with Crippen LogP contribution in [0.3, 0.4) is 0 Å². The molecule has 0 heterocycles. The summed E-state index contributed by atoms with van der Waals surface area (Å²) in [5, 5.41) is 2.92. The van der Waals surface area contributed by atoms with Crippen LogP contribution >= 0.6 is 11.8 Å². The van der Waals surface area contributed by atoms with Crippen molar-refractivity contribution in [3.63, 3.8) is 0 Å². The average molecular weight is 345 g/mol. The molecule has 4 nitrogen and oxygen atoms in total. The molecule has 0 spiro atoms. The number of aryl methyl sites for hydroxylation is 1. The van der Waals surface area contributed by atoms with Crippen LogP contribution in [0, 0.1) is 6.92 Å². The van der Waals surface area contributed by atoms with Crippen molar-refractivity contribution < 1.29 is 14.3 Å². The van der Waals surface area contributed by atoms with Crippen LogP contribution in [0.15, 0.2) is 48.5 Å². The van der Waals surface area contributed by atoms with Crippen LogP contribution in [0.4, 0.5) is 5.69 Å². The molecule has 0 bridgehead atoms. The van der Waals surface area contributed by atoms with Gasteiger partial charge in [0.05, 0.1) is 19.0 Å². The van der Waals surface area contributed by atoms with Gasteiger partial charge in [0.1, 0.15) is 11.5 Å². The van der Waals surface area contributed by atoms with Crippen LogP contribution in [0.5, 0.6) is 11.5 Å². The quantitative estimate of drug-likeness (QED) is 0.694. The van der Waals surface area contributed by atoms with Gasteiger partial charge in [-0.05, 0) is 49.7 Å². The lowest BCUT2D eigenvalue weighted by molar-refractivity contribution is -0.113. The number of anilines is 1. The number of amides is 1. The second kappa shape index (κ2) is 9.88. The van der Waals surface area contributed by atoms with Crippen LogP contribution < -0.4 is 14.8 Å². The Kier molecular flexibility index (Phi) is 7.49. The Balaban J connectivity index is 1.62. The third-order valence-electron chi connectivity index (χ3n) is 3.28. The largest absolute Gasteiger partial charge is 0.494 e. The zero-order valence-electron chi connectivity index (χ0n) is 14.1. The Morgan fingerprint density at radius 2 is 1.71 bits per heavy atom. The summed E-state index contributed by atoms with van der Waals surface area (Å²) in [6, 6.07) is 15.3. The monoisotopic (exact) mass is 345 g/mol. The fourth-order valence-corrected chi connectivity index (χ4v) is 2.68. The molecule has 0 saturated carbocycles. The van der Waals surface area contributed by atoms with Gasteiger partial charge < -0.3 is 14.8 Å². The van der Waals surface area contributed by atoms with E-state index in [1.807, 2.05) is 62.4 Å². The molecule has 0 aliphatic carbocycles. The summed E-state index contributed by atoms with van der Waals surface area (Å²) in [4.78, 5) is 11.9. The number of thioether (sulfide) groups is 1. The Morgan fingerprint density at radius 1 is 1.04 bits per heavy atom. The van der Waals surface area contributed by atoms with E-state index in [1.165, 1.54) is 0 Å². The molecule has 0 aliphatic rings. The Labute approximate surface area is 147 Å². The second-order valence-corrected chi connectivity index (χ2v) is 6.27. The van der Waals surface area contributed by atoms with E-state index in [2.05, 4.69) is 5.32 Å². The number of benzene rings is 2. The van der Waals surface area contributed by atoms with Crippen molar-refractivity contribution >= 4 is 23.4 Å². The van der Waals surface area contributed by atoms with Crippen molar-refractivity contribution in [1.29, 1.82) is 0 Å². The molecule has 2 aromatic rings. The van der Waals surface area contributed by atoms with Gasteiger partial charge in [-0.1, -0.05) is 18.2 Å². The van der Waals surface area contributed by atoms with Crippen molar-refractivity contribution in [2.75, 3.05) is 30.0 Å². The number of rotatable bonds is 9. The van der Waals surface area contributed by atoms with E-state index >= 15 is 0 Å². The molecule has 0 saturated heterocycles. The van der Waals surface area contributed by atoms with Gasteiger partial charge in [-0.15, -0.1) is 11.8 Å². The number of carbonyl (C=O) groups excluding carboxylic acids is 1. The van der Waals surface area contributed by atoms with Crippen LogP contribution in [0.1, 0.15) is 12.5 Å². The van der Waals surface area contributed by atoms with Crippen LogP contribution in [0.2, 0.25) is 0 Å².